The summed E-state index contributed by atoms with van der Waals surface area (Å²) in [4.78, 5) is 0. The van der Waals surface area contributed by atoms with Gasteiger partial charge < -0.3 is 14.9 Å². The van der Waals surface area contributed by atoms with E-state index in [2.05, 4.69) is 38.5 Å². The first-order valence-corrected chi connectivity index (χ1v) is 7.40. The van der Waals surface area contributed by atoms with Crippen molar-refractivity contribution in [3.8, 4) is 11.5 Å². The average Bonchev–Trinajstić information content (AvgIpc) is 2.38. The summed E-state index contributed by atoms with van der Waals surface area (Å²) in [6.45, 7) is 8.51. The highest BCUT2D eigenvalue weighted by Gasteiger charge is 2.23. The van der Waals surface area contributed by atoms with Crippen molar-refractivity contribution in [2.45, 2.75) is 52.4 Å². The van der Waals surface area contributed by atoms with E-state index < -0.39 is 0 Å². The van der Waals surface area contributed by atoms with E-state index in [1.54, 1.807) is 26.4 Å². The number of benzene rings is 1. The zero-order valence-electron chi connectivity index (χ0n) is 14.2. The molecule has 21 heavy (non-hydrogen) atoms. The number of hydrogen-bond acceptors (Lipinski definition) is 3. The van der Waals surface area contributed by atoms with Crippen molar-refractivity contribution in [3.63, 3.8) is 0 Å². The molecule has 3 nitrogen and oxygen atoms in total. The van der Waals surface area contributed by atoms with Gasteiger partial charge in [0, 0.05) is 25.7 Å². The quantitative estimate of drug-likeness (QED) is 0.607. The summed E-state index contributed by atoms with van der Waals surface area (Å²) in [7, 11) is 3.25. The molecule has 0 saturated carbocycles. The van der Waals surface area contributed by atoms with E-state index in [0.29, 0.717) is 0 Å². The van der Waals surface area contributed by atoms with E-state index in [0.717, 1.165) is 12.0 Å². The second kappa shape index (κ2) is 9.46. The number of aromatic hydroxyl groups is 2. The van der Waals surface area contributed by atoms with Crippen LogP contribution in [0.2, 0.25) is 0 Å². The molecule has 3 heteroatoms. The average molecular weight is 294 g/mol. The van der Waals surface area contributed by atoms with Crippen molar-refractivity contribution in [3.05, 3.63) is 35.4 Å². The molecular formula is C18H30O3. The Balaban J connectivity index is 0.00000122. The van der Waals surface area contributed by atoms with Crippen LogP contribution in [0.4, 0.5) is 0 Å². The predicted molar refractivity (Wildman–Crippen MR) is 89.0 cm³/mol. The largest absolute Gasteiger partial charge is 0.508 e. The Morgan fingerprint density at radius 3 is 2.05 bits per heavy atom. The van der Waals surface area contributed by atoms with Gasteiger partial charge in [-0.15, -0.1) is 0 Å². The highest BCUT2D eigenvalue weighted by atomic mass is 16.4. The van der Waals surface area contributed by atoms with Gasteiger partial charge in [0.1, 0.15) is 11.5 Å². The van der Waals surface area contributed by atoms with Gasteiger partial charge in [0.2, 0.25) is 0 Å². The monoisotopic (exact) mass is 294 g/mol. The van der Waals surface area contributed by atoms with Crippen molar-refractivity contribution < 1.29 is 14.9 Å². The number of methoxy groups -OCH3 is 1. The minimum Gasteiger partial charge on any atom is -0.508 e. The van der Waals surface area contributed by atoms with Crippen LogP contribution >= 0.6 is 0 Å². The van der Waals surface area contributed by atoms with E-state index >= 15 is 0 Å². The van der Waals surface area contributed by atoms with Crippen LogP contribution in [0.1, 0.15) is 52.5 Å². The summed E-state index contributed by atoms with van der Waals surface area (Å²) in [5.41, 5.74) is 2.02. The summed E-state index contributed by atoms with van der Waals surface area (Å²) in [5.74, 6) is 0.221. The van der Waals surface area contributed by atoms with E-state index in [1.807, 2.05) is 0 Å². The highest BCUT2D eigenvalue weighted by Crippen LogP contribution is 2.35. The molecule has 0 spiro atoms. The summed E-state index contributed by atoms with van der Waals surface area (Å²) < 4.78 is 4.25. The normalized spacial score (nSPS) is 11.8. The van der Waals surface area contributed by atoms with Crippen molar-refractivity contribution in [1.29, 1.82) is 0 Å². The summed E-state index contributed by atoms with van der Waals surface area (Å²) >= 11 is 0. The molecule has 1 rings (SSSR count). The first-order chi connectivity index (χ1) is 9.79. The zero-order valence-corrected chi connectivity index (χ0v) is 14.2. The number of rotatable bonds is 5. The molecule has 0 amide bonds. The SMILES string of the molecule is CCCCC=C(C)C(C)(C)c1cc(O)cc(O)c1.COC. The van der Waals surface area contributed by atoms with Crippen LogP contribution in [0.15, 0.2) is 29.8 Å². The predicted octanol–water partition coefficient (Wildman–Crippen LogP) is 4.77. The van der Waals surface area contributed by atoms with Gasteiger partial charge in [-0.1, -0.05) is 45.3 Å². The van der Waals surface area contributed by atoms with Crippen LogP contribution in [-0.2, 0) is 10.2 Å². The second-order valence-electron chi connectivity index (χ2n) is 5.80. The molecule has 0 aromatic heterocycles. The topological polar surface area (TPSA) is 49.7 Å². The molecular weight excluding hydrogens is 264 g/mol. The van der Waals surface area contributed by atoms with Gasteiger partial charge in [0.15, 0.2) is 0 Å². The van der Waals surface area contributed by atoms with E-state index in [9.17, 15) is 10.2 Å². The van der Waals surface area contributed by atoms with Gasteiger partial charge in [0.05, 0.1) is 0 Å². The van der Waals surface area contributed by atoms with E-state index in [1.165, 1.54) is 24.5 Å². The Hall–Kier alpha value is -1.48. The maximum Gasteiger partial charge on any atom is 0.119 e. The lowest BCUT2D eigenvalue weighted by Crippen LogP contribution is -2.18. The Labute approximate surface area is 129 Å². The maximum atomic E-state index is 9.57. The zero-order chi connectivity index (χ0) is 16.5. The van der Waals surface area contributed by atoms with Crippen molar-refractivity contribution in [2.24, 2.45) is 0 Å². The molecule has 0 aliphatic carbocycles. The molecule has 1 aromatic carbocycles. The lowest BCUT2D eigenvalue weighted by molar-refractivity contribution is 0.277. The van der Waals surface area contributed by atoms with Gasteiger partial charge in [-0.3, -0.25) is 0 Å². The van der Waals surface area contributed by atoms with Crippen LogP contribution in [0.25, 0.3) is 0 Å². The van der Waals surface area contributed by atoms with Crippen molar-refractivity contribution in [2.75, 3.05) is 14.2 Å². The molecule has 0 aliphatic heterocycles. The second-order valence-corrected chi connectivity index (χ2v) is 5.80. The summed E-state index contributed by atoms with van der Waals surface area (Å²) in [6.07, 6.45) is 5.72. The van der Waals surface area contributed by atoms with Crippen LogP contribution in [-0.4, -0.2) is 24.4 Å². The van der Waals surface area contributed by atoms with Crippen molar-refractivity contribution >= 4 is 0 Å². The molecule has 0 unspecified atom stereocenters. The van der Waals surface area contributed by atoms with Gasteiger partial charge in [-0.05, 0) is 31.0 Å². The molecule has 0 aliphatic rings. The highest BCUT2D eigenvalue weighted by molar-refractivity contribution is 5.43. The maximum absolute atomic E-state index is 9.57. The van der Waals surface area contributed by atoms with Crippen LogP contribution in [0, 0.1) is 0 Å². The number of ether oxygens (including phenoxy) is 1. The molecule has 1 aromatic rings. The third-order valence-corrected chi connectivity index (χ3v) is 3.62. The third kappa shape index (κ3) is 6.67. The Morgan fingerprint density at radius 2 is 1.62 bits per heavy atom. The number of phenolic OH excluding ortho intramolecular Hbond substituents is 2. The molecule has 0 atom stereocenters. The molecule has 0 fully saturated rings. The van der Waals surface area contributed by atoms with Crippen LogP contribution < -0.4 is 0 Å². The Kier molecular flexibility index (Phi) is 8.79. The standard InChI is InChI=1S/C16H24O2.C2H6O/c1-5-6-7-8-12(2)16(3,4)13-9-14(17)11-15(18)10-13;1-3-2/h8-11,17-18H,5-7H2,1-4H3;1-2H3. The van der Waals surface area contributed by atoms with Gasteiger partial charge in [0.25, 0.3) is 0 Å². The fourth-order valence-corrected chi connectivity index (χ4v) is 1.96. The molecule has 0 heterocycles. The summed E-state index contributed by atoms with van der Waals surface area (Å²) in [6, 6.07) is 4.80. The Bertz CT molecular complexity index is 428. The van der Waals surface area contributed by atoms with E-state index in [-0.39, 0.29) is 16.9 Å². The lowest BCUT2D eigenvalue weighted by atomic mass is 9.77. The lowest BCUT2D eigenvalue weighted by Gasteiger charge is -2.27. The first-order valence-electron chi connectivity index (χ1n) is 7.40. The molecule has 0 radical (unpaired) electrons. The van der Waals surface area contributed by atoms with Gasteiger partial charge in [-0.25, -0.2) is 0 Å². The molecule has 2 N–H and O–H groups in total. The van der Waals surface area contributed by atoms with Crippen LogP contribution in [0.3, 0.4) is 0 Å². The van der Waals surface area contributed by atoms with E-state index in [4.69, 9.17) is 0 Å². The molecule has 120 valence electrons. The number of phenols is 2. The summed E-state index contributed by atoms with van der Waals surface area (Å²) in [5, 5.41) is 19.1. The molecule has 0 saturated heterocycles. The van der Waals surface area contributed by atoms with Gasteiger partial charge in [-0.2, -0.15) is 0 Å². The van der Waals surface area contributed by atoms with Crippen molar-refractivity contribution in [1.82, 2.24) is 0 Å². The molecule has 0 bridgehead atoms. The van der Waals surface area contributed by atoms with Crippen LogP contribution in [0.5, 0.6) is 11.5 Å². The third-order valence-electron chi connectivity index (χ3n) is 3.62. The first kappa shape index (κ1) is 19.5. The fraction of sp³-hybridized carbons (Fsp3) is 0.556. The number of hydrogen-bond donors (Lipinski definition) is 2. The smallest absolute Gasteiger partial charge is 0.119 e. The number of unbranched alkanes of at least 4 members (excludes halogenated alkanes) is 2. The number of allylic oxidation sites excluding steroid dienone is 2. The minimum absolute atomic E-state index is 0.111. The van der Waals surface area contributed by atoms with Gasteiger partial charge >= 0.3 is 0 Å². The minimum atomic E-state index is -0.177. The fourth-order valence-electron chi connectivity index (χ4n) is 1.96. The Morgan fingerprint density at radius 1 is 1.14 bits per heavy atom.